The summed E-state index contributed by atoms with van der Waals surface area (Å²) in [6.45, 7) is 1.97. The van der Waals surface area contributed by atoms with Gasteiger partial charge >= 0.3 is 64.7 Å². The molecular weight excluding hydrogens is 330 g/mol. The van der Waals surface area contributed by atoms with Crippen molar-refractivity contribution in [1.29, 1.82) is 0 Å². The fourth-order valence-electron chi connectivity index (χ4n) is 1.22. The zero-order chi connectivity index (χ0) is 13.9. The molecule has 0 atom stereocenters. The summed E-state index contributed by atoms with van der Waals surface area (Å²) in [7, 11) is -5.17. The molecule has 1 heterocycles. The summed E-state index contributed by atoms with van der Waals surface area (Å²) in [5.41, 5.74) is 1.19. The molecule has 1 aromatic heterocycles. The number of aryl methyl sites for hydroxylation is 1. The van der Waals surface area contributed by atoms with Crippen LogP contribution in [0.25, 0.3) is 11.0 Å². The Morgan fingerprint density at radius 3 is 2.15 bits per heavy atom. The van der Waals surface area contributed by atoms with Gasteiger partial charge in [-0.2, -0.15) is 0 Å². The van der Waals surface area contributed by atoms with Crippen LogP contribution in [0, 0.1) is 6.92 Å². The van der Waals surface area contributed by atoms with Crippen molar-refractivity contribution in [3.63, 3.8) is 0 Å². The number of benzene rings is 1. The molecule has 0 saturated carbocycles. The van der Waals surface area contributed by atoms with Crippen molar-refractivity contribution in [3.8, 4) is 0 Å². The van der Waals surface area contributed by atoms with E-state index in [1.807, 2.05) is 19.1 Å². The second kappa shape index (κ2) is 9.58. The first-order valence-electron chi connectivity index (χ1n) is 4.53. The molecule has 0 N–H and O–H groups in total. The van der Waals surface area contributed by atoms with E-state index in [2.05, 4.69) is 0 Å². The molecule has 1 aromatic carbocycles. The van der Waals surface area contributed by atoms with Crippen LogP contribution in [0.15, 0.2) is 33.5 Å². The van der Waals surface area contributed by atoms with Gasteiger partial charge in [0.2, 0.25) is 0 Å². The van der Waals surface area contributed by atoms with Crippen LogP contribution in [0.1, 0.15) is 5.56 Å². The van der Waals surface area contributed by atoms with Crippen molar-refractivity contribution in [2.24, 2.45) is 0 Å². The van der Waals surface area contributed by atoms with Gasteiger partial charge < -0.3 is 13.5 Å². The SMILES string of the molecule is Cc1ccc2oc(=O)c(Cl)cc2c1.O=S(=O)([O-])[O-].[Na+].[Na+]. The molecule has 10 heteroatoms. The molecule has 98 valence electrons. The molecule has 0 unspecified atom stereocenters. The Balaban J connectivity index is 0. The van der Waals surface area contributed by atoms with E-state index in [-0.39, 0.29) is 64.1 Å². The van der Waals surface area contributed by atoms with Crippen molar-refractivity contribution in [2.75, 3.05) is 0 Å². The van der Waals surface area contributed by atoms with E-state index in [1.54, 1.807) is 12.1 Å². The van der Waals surface area contributed by atoms with Crippen LogP contribution in [0.2, 0.25) is 5.02 Å². The number of rotatable bonds is 0. The number of hydrogen-bond acceptors (Lipinski definition) is 6. The minimum Gasteiger partial charge on any atom is -0.759 e. The molecule has 20 heavy (non-hydrogen) atoms. The second-order valence-electron chi connectivity index (χ2n) is 3.33. The normalized spacial score (nSPS) is 9.80. The predicted molar refractivity (Wildman–Crippen MR) is 62.7 cm³/mol. The van der Waals surface area contributed by atoms with Crippen LogP contribution < -0.4 is 64.7 Å². The maximum Gasteiger partial charge on any atom is 1.00 e. The largest absolute Gasteiger partial charge is 1.00 e. The monoisotopic (exact) mass is 336 g/mol. The van der Waals surface area contributed by atoms with E-state index in [1.165, 1.54) is 0 Å². The summed E-state index contributed by atoms with van der Waals surface area (Å²) in [5.74, 6) is 0. The van der Waals surface area contributed by atoms with Crippen LogP contribution in [-0.4, -0.2) is 17.5 Å². The van der Waals surface area contributed by atoms with Crippen LogP contribution in [0.3, 0.4) is 0 Å². The third-order valence-corrected chi connectivity index (χ3v) is 2.11. The summed E-state index contributed by atoms with van der Waals surface area (Å²) in [6.07, 6.45) is 0. The Labute approximate surface area is 164 Å². The maximum absolute atomic E-state index is 11.0. The Morgan fingerprint density at radius 1 is 1.15 bits per heavy atom. The van der Waals surface area contributed by atoms with Gasteiger partial charge in [0.15, 0.2) is 0 Å². The summed E-state index contributed by atoms with van der Waals surface area (Å²) < 4.78 is 39.0. The Kier molecular flexibility index (Phi) is 10.9. The van der Waals surface area contributed by atoms with Gasteiger partial charge in [0.05, 0.1) is 0 Å². The van der Waals surface area contributed by atoms with E-state index in [4.69, 9.17) is 33.5 Å². The first-order valence-corrected chi connectivity index (χ1v) is 6.24. The molecule has 0 aliphatic carbocycles. The summed E-state index contributed by atoms with van der Waals surface area (Å²) in [5, 5.41) is 0.975. The van der Waals surface area contributed by atoms with Crippen molar-refractivity contribution >= 4 is 33.0 Å². The van der Waals surface area contributed by atoms with E-state index >= 15 is 0 Å². The van der Waals surface area contributed by atoms with Gasteiger partial charge in [-0.25, -0.2) is 4.79 Å². The standard InChI is InChI=1S/C10H7ClO2.2Na.H2O4S/c1-6-2-3-9-7(4-6)5-8(11)10(12)13-9;;;1-5(2,3)4/h2-5H,1H3;;;(H2,1,2,3,4)/q;2*+1;/p-2. The smallest absolute Gasteiger partial charge is 0.759 e. The van der Waals surface area contributed by atoms with Crippen molar-refractivity contribution in [1.82, 2.24) is 0 Å². The third-order valence-electron chi connectivity index (χ3n) is 1.85. The fraction of sp³-hybridized carbons (Fsp3) is 0.100. The number of halogens is 1. The van der Waals surface area contributed by atoms with Gasteiger partial charge in [-0.15, -0.1) is 0 Å². The quantitative estimate of drug-likeness (QED) is 0.207. The second-order valence-corrected chi connectivity index (χ2v) is 4.56. The number of hydrogen-bond donors (Lipinski definition) is 0. The third kappa shape index (κ3) is 8.78. The predicted octanol–water partition coefficient (Wildman–Crippen LogP) is -4.58. The molecule has 0 aliphatic rings. The molecule has 2 rings (SSSR count). The molecule has 0 fully saturated rings. The summed E-state index contributed by atoms with van der Waals surface area (Å²) in [6, 6.07) is 7.20. The zero-order valence-electron chi connectivity index (χ0n) is 11.0. The molecule has 0 spiro atoms. The molecule has 0 aliphatic heterocycles. The van der Waals surface area contributed by atoms with Crippen molar-refractivity contribution < 1.29 is 81.1 Å². The summed E-state index contributed by atoms with van der Waals surface area (Å²) >= 11 is 5.63. The first kappa shape index (κ1) is 22.9. The Hall–Kier alpha value is 0.590. The van der Waals surface area contributed by atoms with E-state index in [0.717, 1.165) is 10.9 Å². The van der Waals surface area contributed by atoms with Gasteiger partial charge in [-0.3, -0.25) is 8.42 Å². The van der Waals surface area contributed by atoms with Crippen LogP contribution >= 0.6 is 11.6 Å². The minimum absolute atomic E-state index is 0. The molecule has 0 amide bonds. The van der Waals surface area contributed by atoms with E-state index in [9.17, 15) is 4.79 Å². The number of fused-ring (bicyclic) bond motifs is 1. The molecule has 0 saturated heterocycles. The maximum atomic E-state index is 11.0. The van der Waals surface area contributed by atoms with E-state index < -0.39 is 16.0 Å². The zero-order valence-corrected chi connectivity index (χ0v) is 16.6. The first-order chi connectivity index (χ1) is 8.16. The Bertz CT molecular complexity index is 720. The van der Waals surface area contributed by atoms with Gasteiger partial charge in [0.1, 0.15) is 10.6 Å². The molecule has 0 bridgehead atoms. The van der Waals surface area contributed by atoms with Gasteiger partial charge in [0.25, 0.3) is 0 Å². The fourth-order valence-corrected chi connectivity index (χ4v) is 1.37. The van der Waals surface area contributed by atoms with Gasteiger partial charge in [-0.1, -0.05) is 23.2 Å². The van der Waals surface area contributed by atoms with Crippen LogP contribution in [0.4, 0.5) is 0 Å². The van der Waals surface area contributed by atoms with Gasteiger partial charge in [-0.05, 0) is 25.1 Å². The van der Waals surface area contributed by atoms with Gasteiger partial charge in [0, 0.05) is 15.8 Å². The van der Waals surface area contributed by atoms with Crippen LogP contribution in [0.5, 0.6) is 0 Å². The van der Waals surface area contributed by atoms with E-state index in [0.29, 0.717) is 5.58 Å². The molecule has 0 radical (unpaired) electrons. The molecular formula is C10H7ClNa2O6S. The van der Waals surface area contributed by atoms with Crippen LogP contribution in [-0.2, 0) is 10.4 Å². The topological polar surface area (TPSA) is 110 Å². The minimum atomic E-state index is -5.17. The average molecular weight is 337 g/mol. The summed E-state index contributed by atoms with van der Waals surface area (Å²) in [4.78, 5) is 11.0. The van der Waals surface area contributed by atoms with Crippen molar-refractivity contribution in [3.05, 3.63) is 45.3 Å². The van der Waals surface area contributed by atoms with Crippen molar-refractivity contribution in [2.45, 2.75) is 6.92 Å². The average Bonchev–Trinajstić information content (AvgIpc) is 2.18. The Morgan fingerprint density at radius 2 is 1.65 bits per heavy atom. The molecule has 2 aromatic rings. The molecule has 6 nitrogen and oxygen atoms in total.